The van der Waals surface area contributed by atoms with E-state index in [4.69, 9.17) is 13.9 Å². The molecule has 0 amide bonds. The third-order valence-corrected chi connectivity index (χ3v) is 4.01. The van der Waals surface area contributed by atoms with E-state index in [9.17, 15) is 0 Å². The van der Waals surface area contributed by atoms with Gasteiger partial charge in [-0.2, -0.15) is 0 Å². The maximum atomic E-state index is 5.76. The lowest BCUT2D eigenvalue weighted by molar-refractivity contribution is 0.354. The number of benzene rings is 2. The second kappa shape index (κ2) is 8.33. The van der Waals surface area contributed by atoms with Crippen LogP contribution in [0, 0.1) is 0 Å². The van der Waals surface area contributed by atoms with Crippen molar-refractivity contribution >= 4 is 0 Å². The van der Waals surface area contributed by atoms with Crippen LogP contribution in [0.15, 0.2) is 52.9 Å². The SMILES string of the molecule is COc1ccc(Cc2nnc(CCCc3ccccc3)o2)cc1OC. The molecule has 0 aliphatic rings. The molecule has 0 saturated carbocycles. The molecule has 0 bridgehead atoms. The normalized spacial score (nSPS) is 10.6. The summed E-state index contributed by atoms with van der Waals surface area (Å²) in [6.45, 7) is 0. The molecule has 0 N–H and O–H groups in total. The molecule has 5 nitrogen and oxygen atoms in total. The van der Waals surface area contributed by atoms with E-state index in [1.165, 1.54) is 5.56 Å². The first kappa shape index (κ1) is 17.0. The molecular formula is C20H22N2O3. The van der Waals surface area contributed by atoms with Crippen LogP contribution in [0.1, 0.15) is 29.3 Å². The van der Waals surface area contributed by atoms with Crippen LogP contribution < -0.4 is 9.47 Å². The van der Waals surface area contributed by atoms with Crippen molar-refractivity contribution in [2.75, 3.05) is 14.2 Å². The van der Waals surface area contributed by atoms with Crippen molar-refractivity contribution in [3.63, 3.8) is 0 Å². The largest absolute Gasteiger partial charge is 0.493 e. The summed E-state index contributed by atoms with van der Waals surface area (Å²) in [5.41, 5.74) is 2.37. The second-order valence-corrected chi connectivity index (χ2v) is 5.79. The molecule has 1 heterocycles. The van der Waals surface area contributed by atoms with Crippen molar-refractivity contribution in [2.45, 2.75) is 25.7 Å². The zero-order valence-corrected chi connectivity index (χ0v) is 14.6. The summed E-state index contributed by atoms with van der Waals surface area (Å²) in [6, 6.07) is 16.2. The van der Waals surface area contributed by atoms with Gasteiger partial charge in [-0.15, -0.1) is 10.2 Å². The van der Waals surface area contributed by atoms with E-state index in [2.05, 4.69) is 34.5 Å². The fourth-order valence-corrected chi connectivity index (χ4v) is 2.71. The van der Waals surface area contributed by atoms with E-state index in [1.54, 1.807) is 14.2 Å². The molecule has 0 aliphatic carbocycles. The predicted molar refractivity (Wildman–Crippen MR) is 95.1 cm³/mol. The lowest BCUT2D eigenvalue weighted by Gasteiger charge is -2.08. The van der Waals surface area contributed by atoms with E-state index >= 15 is 0 Å². The second-order valence-electron chi connectivity index (χ2n) is 5.79. The molecule has 130 valence electrons. The van der Waals surface area contributed by atoms with E-state index in [1.807, 2.05) is 24.3 Å². The number of aryl methyl sites for hydroxylation is 2. The van der Waals surface area contributed by atoms with Gasteiger partial charge in [-0.05, 0) is 36.1 Å². The number of rotatable bonds is 8. The van der Waals surface area contributed by atoms with E-state index < -0.39 is 0 Å². The summed E-state index contributed by atoms with van der Waals surface area (Å²) in [6.07, 6.45) is 3.36. The van der Waals surface area contributed by atoms with Crippen LogP contribution in [-0.2, 0) is 19.3 Å². The Balaban J connectivity index is 1.56. The van der Waals surface area contributed by atoms with Crippen LogP contribution in [0.3, 0.4) is 0 Å². The van der Waals surface area contributed by atoms with Gasteiger partial charge in [0.2, 0.25) is 11.8 Å². The fraction of sp³-hybridized carbons (Fsp3) is 0.300. The minimum absolute atomic E-state index is 0.575. The van der Waals surface area contributed by atoms with Crippen LogP contribution in [0.2, 0.25) is 0 Å². The quantitative estimate of drug-likeness (QED) is 0.624. The zero-order chi connectivity index (χ0) is 17.5. The molecule has 0 atom stereocenters. The predicted octanol–water partition coefficient (Wildman–Crippen LogP) is 3.85. The van der Waals surface area contributed by atoms with Crippen molar-refractivity contribution < 1.29 is 13.9 Å². The molecule has 0 radical (unpaired) electrons. The highest BCUT2D eigenvalue weighted by molar-refractivity contribution is 5.43. The standard InChI is InChI=1S/C20H22N2O3/c1-23-17-12-11-16(13-18(17)24-2)14-20-22-21-19(25-20)10-6-9-15-7-4-3-5-8-15/h3-5,7-8,11-13H,6,9-10,14H2,1-2H3. The van der Waals surface area contributed by atoms with Gasteiger partial charge in [0, 0.05) is 6.42 Å². The summed E-state index contributed by atoms with van der Waals surface area (Å²) in [5, 5.41) is 8.29. The van der Waals surface area contributed by atoms with Gasteiger partial charge in [-0.25, -0.2) is 0 Å². The molecule has 0 aliphatic heterocycles. The van der Waals surface area contributed by atoms with Crippen molar-refractivity contribution in [1.82, 2.24) is 10.2 Å². The summed E-state index contributed by atoms with van der Waals surface area (Å²) in [4.78, 5) is 0. The first-order valence-electron chi connectivity index (χ1n) is 8.34. The smallest absolute Gasteiger partial charge is 0.220 e. The summed E-state index contributed by atoms with van der Waals surface area (Å²) >= 11 is 0. The monoisotopic (exact) mass is 338 g/mol. The Hall–Kier alpha value is -2.82. The first-order chi connectivity index (χ1) is 12.3. The maximum Gasteiger partial charge on any atom is 0.220 e. The highest BCUT2D eigenvalue weighted by atomic mass is 16.5. The van der Waals surface area contributed by atoms with Crippen LogP contribution in [0.5, 0.6) is 11.5 Å². The van der Waals surface area contributed by atoms with Crippen molar-refractivity contribution in [3.05, 3.63) is 71.4 Å². The van der Waals surface area contributed by atoms with Crippen LogP contribution in [-0.4, -0.2) is 24.4 Å². The molecular weight excluding hydrogens is 316 g/mol. The van der Waals surface area contributed by atoms with Crippen LogP contribution in [0.25, 0.3) is 0 Å². The topological polar surface area (TPSA) is 57.4 Å². The molecule has 0 saturated heterocycles. The third-order valence-electron chi connectivity index (χ3n) is 4.01. The lowest BCUT2D eigenvalue weighted by Crippen LogP contribution is -1.94. The van der Waals surface area contributed by atoms with E-state index in [0.717, 1.165) is 24.8 Å². The summed E-state index contributed by atoms with van der Waals surface area (Å²) in [7, 11) is 3.25. The minimum Gasteiger partial charge on any atom is -0.493 e. The molecule has 0 fully saturated rings. The van der Waals surface area contributed by atoms with Crippen molar-refractivity contribution in [2.24, 2.45) is 0 Å². The van der Waals surface area contributed by atoms with Gasteiger partial charge in [-0.1, -0.05) is 36.4 Å². The number of hydrogen-bond donors (Lipinski definition) is 0. The number of aromatic nitrogens is 2. The van der Waals surface area contributed by atoms with Gasteiger partial charge in [-0.3, -0.25) is 0 Å². The van der Waals surface area contributed by atoms with Gasteiger partial charge in [0.05, 0.1) is 20.6 Å². The lowest BCUT2D eigenvalue weighted by atomic mass is 10.1. The van der Waals surface area contributed by atoms with Crippen molar-refractivity contribution in [1.29, 1.82) is 0 Å². The van der Waals surface area contributed by atoms with Gasteiger partial charge in [0.1, 0.15) is 0 Å². The maximum absolute atomic E-state index is 5.76. The molecule has 1 aromatic heterocycles. The molecule has 3 rings (SSSR count). The average molecular weight is 338 g/mol. The van der Waals surface area contributed by atoms with Crippen LogP contribution in [0.4, 0.5) is 0 Å². The highest BCUT2D eigenvalue weighted by Crippen LogP contribution is 2.28. The van der Waals surface area contributed by atoms with E-state index in [0.29, 0.717) is 29.7 Å². The molecule has 25 heavy (non-hydrogen) atoms. The van der Waals surface area contributed by atoms with Crippen molar-refractivity contribution in [3.8, 4) is 11.5 Å². The number of hydrogen-bond acceptors (Lipinski definition) is 5. The van der Waals surface area contributed by atoms with Crippen LogP contribution >= 0.6 is 0 Å². The molecule has 2 aromatic carbocycles. The average Bonchev–Trinajstić information content (AvgIpc) is 3.09. The molecule has 3 aromatic rings. The Bertz CT molecular complexity index is 800. The molecule has 5 heteroatoms. The Labute approximate surface area is 147 Å². The summed E-state index contributed by atoms with van der Waals surface area (Å²) < 4.78 is 16.3. The Morgan fingerprint density at radius 3 is 2.32 bits per heavy atom. The minimum atomic E-state index is 0.575. The number of methoxy groups -OCH3 is 2. The third kappa shape index (κ3) is 4.59. The van der Waals surface area contributed by atoms with E-state index in [-0.39, 0.29) is 0 Å². The summed E-state index contributed by atoms with van der Waals surface area (Å²) in [5.74, 6) is 2.70. The molecule has 0 spiro atoms. The number of nitrogens with zero attached hydrogens (tertiary/aromatic N) is 2. The Morgan fingerprint density at radius 2 is 1.56 bits per heavy atom. The Kier molecular flexibility index (Phi) is 5.67. The van der Waals surface area contributed by atoms with Gasteiger partial charge < -0.3 is 13.9 Å². The Morgan fingerprint density at radius 1 is 0.800 bits per heavy atom. The number of ether oxygens (including phenoxy) is 2. The zero-order valence-electron chi connectivity index (χ0n) is 14.6. The van der Waals surface area contributed by atoms with Gasteiger partial charge in [0.15, 0.2) is 11.5 Å². The highest BCUT2D eigenvalue weighted by Gasteiger charge is 2.10. The molecule has 0 unspecified atom stereocenters. The van der Waals surface area contributed by atoms with Gasteiger partial charge in [0.25, 0.3) is 0 Å². The fourth-order valence-electron chi connectivity index (χ4n) is 2.71. The van der Waals surface area contributed by atoms with Gasteiger partial charge >= 0.3 is 0 Å². The first-order valence-corrected chi connectivity index (χ1v) is 8.34.